The lowest BCUT2D eigenvalue weighted by atomic mass is 9.82. The molecule has 4 nitrogen and oxygen atoms in total. The molecule has 0 saturated heterocycles. The third kappa shape index (κ3) is 10.1. The van der Waals surface area contributed by atoms with Gasteiger partial charge in [0.15, 0.2) is 0 Å². The maximum Gasteiger partial charge on any atom is 0.0544 e. The zero-order valence-electron chi connectivity index (χ0n) is 84.1. The van der Waals surface area contributed by atoms with Crippen LogP contribution in [0.25, 0.3) is 232 Å². The van der Waals surface area contributed by atoms with Gasteiger partial charge < -0.3 is 18.3 Å². The number of hydrogen-bond acceptors (Lipinski definition) is 0. The number of rotatable bonds is 5. The Morgan fingerprint density at radius 3 is 0.717 bits per heavy atom. The summed E-state index contributed by atoms with van der Waals surface area (Å²) in [5, 5.41) is 12.8. The fourth-order valence-corrected chi connectivity index (χ4v) is 30.7. The van der Waals surface area contributed by atoms with E-state index >= 15 is 0 Å². The zero-order valence-corrected chi connectivity index (χ0v) is 84.1. The van der Waals surface area contributed by atoms with Gasteiger partial charge in [-0.05, 0) is 380 Å². The van der Waals surface area contributed by atoms with E-state index in [1.807, 2.05) is 0 Å². The van der Waals surface area contributed by atoms with Crippen molar-refractivity contribution < 1.29 is 0 Å². The average Bonchev–Trinajstić information content (AvgIpc) is 1.54. The molecule has 0 amide bonds. The Morgan fingerprint density at radius 2 is 0.372 bits per heavy atom. The molecule has 0 saturated carbocycles. The SMILES string of the molecule is CC1c2ccccc2-c2cc3c4cc5c(cc4n(-c4ccc6c(c4)C(C)(C)c4cc(-n7c8cc9c(cc8c8cc%10c(cc87)C(C)c7ccc(-c8ccc%11c(c8)-c8cc%12c%13cc%14c(cc%13n(-c%13ccc%15cc(-n%16c%17cc%18c(cc%17c%17cc%19c(cc%17%16)C(C)(C)c%16ccccc%16-%19)-c%16ccccc%16C%18(C)C)ccc%15c%13)c%12cc8C%11(C)C)C(C)(C)c8ccccc8-%14)cc7-%10)-c7ccccc7C9C)ccc4-6)c3cc21)C(C)c1ccccc1-5. The minimum Gasteiger partial charge on any atom is -0.309 e. The Balaban J connectivity index is 0.504. The molecule has 0 fully saturated rings. The molecule has 9 aliphatic carbocycles. The first-order valence-corrected chi connectivity index (χ1v) is 52.7. The Labute approximate surface area is 843 Å². The van der Waals surface area contributed by atoms with Crippen molar-refractivity contribution in [1.29, 1.82) is 0 Å². The van der Waals surface area contributed by atoms with Crippen LogP contribution >= 0.6 is 0 Å². The number of hydrogen-bond donors (Lipinski definition) is 0. The Bertz CT molecular complexity index is 10100. The van der Waals surface area contributed by atoms with Crippen molar-refractivity contribution >= 4 is 98.0 Å². The zero-order chi connectivity index (χ0) is 96.8. The highest BCUT2D eigenvalue weighted by Gasteiger charge is 2.46. The fourth-order valence-electron chi connectivity index (χ4n) is 30.7. The molecule has 0 aliphatic heterocycles. The van der Waals surface area contributed by atoms with Crippen LogP contribution in [-0.4, -0.2) is 18.3 Å². The van der Waals surface area contributed by atoms with Crippen LogP contribution in [0, 0.1) is 0 Å². The molecule has 33 rings (SSSR count). The van der Waals surface area contributed by atoms with Gasteiger partial charge in [0.2, 0.25) is 0 Å². The normalized spacial score (nSPS) is 17.7. The van der Waals surface area contributed by atoms with E-state index in [-0.39, 0.29) is 38.9 Å². The second-order valence-electron chi connectivity index (χ2n) is 47.0. The number of aromatic nitrogens is 4. The molecule has 4 heterocycles. The molecule has 0 bridgehead atoms. The Kier molecular flexibility index (Phi) is 15.2. The number of benzene rings is 20. The highest BCUT2D eigenvalue weighted by Crippen LogP contribution is 2.63. The van der Waals surface area contributed by atoms with Crippen molar-refractivity contribution in [2.24, 2.45) is 0 Å². The highest BCUT2D eigenvalue weighted by molar-refractivity contribution is 6.19. The van der Waals surface area contributed by atoms with Crippen molar-refractivity contribution in [1.82, 2.24) is 18.3 Å². The summed E-state index contributed by atoms with van der Waals surface area (Å²) in [4.78, 5) is 0. The van der Waals surface area contributed by atoms with Gasteiger partial charge >= 0.3 is 0 Å². The summed E-state index contributed by atoms with van der Waals surface area (Å²) >= 11 is 0. The van der Waals surface area contributed by atoms with Gasteiger partial charge in [-0.1, -0.05) is 291 Å². The lowest BCUT2D eigenvalue weighted by Gasteiger charge is -2.23. The van der Waals surface area contributed by atoms with Gasteiger partial charge in [0.1, 0.15) is 0 Å². The summed E-state index contributed by atoms with van der Waals surface area (Å²) in [5.41, 5.74) is 65.2. The molecule has 0 N–H and O–H groups in total. The summed E-state index contributed by atoms with van der Waals surface area (Å²) in [6.07, 6.45) is 0. The first-order chi connectivity index (χ1) is 70.3. The van der Waals surface area contributed by atoms with Crippen LogP contribution in [0.2, 0.25) is 0 Å². The fraction of sp³-hybridized carbons (Fsp3) is 0.163. The standard InChI is InChI=1S/C141H104N4/c1-73-85-27-15-18-30-89(85)102-57-111-112-58-103-90-31-19-16-28-86(90)74(2)98(103)66-130(112)144(129(111)65-97(73)102)83-45-48-95-96-49-46-84(56-124(96)141(13,14)123(95)55-83)145-131-67-99-75(3)87-29-17-20-32-91(87)104(99)59-113(131)114-60-105-100(68-132(114)145)76(4)88-47-41-79(53-101(88)105)80-42-50-122-106(54-80)110-64-118-117-63-109-94-35-23-26-38-121(94)139(9,10)127(109)71-135(117)143(136(118)72-128(110)140(122,11)12)82-44-40-77-51-81(43-39-78(77)52-82)142-133-69-125-107(92-33-21-24-36-119(92)137(125,5)6)61-115(133)116-62-108-93-34-22-25-37-120(93)138(7,8)126(108)70-134(116)142/h15-76H,1-14H3. The van der Waals surface area contributed by atoms with Gasteiger partial charge in [0.05, 0.1) is 44.1 Å². The van der Waals surface area contributed by atoms with Gasteiger partial charge in [-0.3, -0.25) is 0 Å². The van der Waals surface area contributed by atoms with E-state index in [0.29, 0.717) is 11.8 Å². The second-order valence-corrected chi connectivity index (χ2v) is 47.0. The van der Waals surface area contributed by atoms with Crippen LogP contribution in [0.1, 0.15) is 221 Å². The summed E-state index contributed by atoms with van der Waals surface area (Å²) in [6, 6.07) is 140. The van der Waals surface area contributed by atoms with E-state index in [1.165, 1.54) is 326 Å². The van der Waals surface area contributed by atoms with Crippen molar-refractivity contribution in [2.75, 3.05) is 0 Å². The van der Waals surface area contributed by atoms with Crippen LogP contribution < -0.4 is 0 Å². The molecule has 24 aromatic rings. The molecule has 4 atom stereocenters. The van der Waals surface area contributed by atoms with Crippen LogP contribution in [0.5, 0.6) is 0 Å². The predicted octanol–water partition coefficient (Wildman–Crippen LogP) is 37.0. The molecular weight excluding hydrogens is 1750 g/mol. The molecule has 4 aromatic heterocycles. The van der Waals surface area contributed by atoms with Gasteiger partial charge in [-0.15, -0.1) is 0 Å². The molecule has 4 unspecified atom stereocenters. The van der Waals surface area contributed by atoms with Crippen molar-refractivity contribution in [2.45, 2.75) is 148 Å². The summed E-state index contributed by atoms with van der Waals surface area (Å²) in [6.45, 7) is 34.1. The van der Waals surface area contributed by atoms with Gasteiger partial charge in [-0.2, -0.15) is 0 Å². The van der Waals surface area contributed by atoms with Gasteiger partial charge in [0.25, 0.3) is 0 Å². The Hall–Kier alpha value is -16.1. The lowest BCUT2D eigenvalue weighted by molar-refractivity contribution is 0.659. The molecule has 20 aromatic carbocycles. The van der Waals surface area contributed by atoms with E-state index in [1.54, 1.807) is 0 Å². The van der Waals surface area contributed by atoms with Crippen molar-refractivity contribution in [3.8, 4) is 134 Å². The highest BCUT2D eigenvalue weighted by atomic mass is 15.0. The maximum atomic E-state index is 2.65. The molecule has 145 heavy (non-hydrogen) atoms. The largest absolute Gasteiger partial charge is 0.309 e. The third-order valence-corrected chi connectivity index (χ3v) is 38.3. The van der Waals surface area contributed by atoms with E-state index in [2.05, 4.69) is 467 Å². The minimum atomic E-state index is -0.330. The van der Waals surface area contributed by atoms with Crippen molar-refractivity contribution in [3.05, 3.63) is 452 Å². The first kappa shape index (κ1) is 81.4. The molecule has 0 spiro atoms. The van der Waals surface area contributed by atoms with E-state index < -0.39 is 0 Å². The molecular formula is C141H104N4. The quantitative estimate of drug-likeness (QED) is 0.164. The van der Waals surface area contributed by atoms with Gasteiger partial charge in [-0.25, -0.2) is 0 Å². The summed E-state index contributed by atoms with van der Waals surface area (Å²) in [7, 11) is 0. The summed E-state index contributed by atoms with van der Waals surface area (Å²) in [5.74, 6) is 1.02. The maximum absolute atomic E-state index is 2.65. The number of nitrogens with zero attached hydrogens (tertiary/aromatic N) is 4. The monoisotopic (exact) mass is 1850 g/mol. The minimum absolute atomic E-state index is 0.158. The number of fused-ring (bicyclic) bond motifs is 40. The Morgan fingerprint density at radius 1 is 0.152 bits per heavy atom. The lowest BCUT2D eigenvalue weighted by Crippen LogP contribution is -2.16. The summed E-state index contributed by atoms with van der Waals surface area (Å²) < 4.78 is 10.5. The van der Waals surface area contributed by atoms with Crippen LogP contribution in [0.4, 0.5) is 0 Å². The van der Waals surface area contributed by atoms with Crippen LogP contribution in [0.15, 0.2) is 352 Å². The first-order valence-electron chi connectivity index (χ1n) is 52.7. The predicted molar refractivity (Wildman–Crippen MR) is 606 cm³/mol. The topological polar surface area (TPSA) is 19.7 Å². The van der Waals surface area contributed by atoms with Crippen LogP contribution in [-0.2, 0) is 27.1 Å². The molecule has 0 radical (unpaired) electrons. The molecule has 4 heteroatoms. The molecule has 688 valence electrons. The van der Waals surface area contributed by atoms with E-state index in [9.17, 15) is 0 Å². The second kappa shape index (κ2) is 27.0. The smallest absolute Gasteiger partial charge is 0.0544 e. The average molecular weight is 1850 g/mol. The van der Waals surface area contributed by atoms with E-state index in [0.717, 1.165) is 5.69 Å². The molecule has 9 aliphatic rings. The third-order valence-electron chi connectivity index (χ3n) is 38.3. The van der Waals surface area contributed by atoms with Crippen LogP contribution in [0.3, 0.4) is 0 Å². The van der Waals surface area contributed by atoms with Gasteiger partial charge in [0, 0.05) is 117 Å². The van der Waals surface area contributed by atoms with Crippen molar-refractivity contribution in [3.63, 3.8) is 0 Å². The van der Waals surface area contributed by atoms with E-state index in [4.69, 9.17) is 0 Å².